The van der Waals surface area contributed by atoms with Gasteiger partial charge in [-0.15, -0.1) is 0 Å². The minimum Gasteiger partial charge on any atom is -0.484 e. The summed E-state index contributed by atoms with van der Waals surface area (Å²) >= 11 is 0. The van der Waals surface area contributed by atoms with Crippen molar-refractivity contribution in [1.29, 1.82) is 0 Å². The summed E-state index contributed by atoms with van der Waals surface area (Å²) in [6.07, 6.45) is 4.71. The second kappa shape index (κ2) is 9.12. The van der Waals surface area contributed by atoms with E-state index in [1.165, 1.54) is 0 Å². The monoisotopic (exact) mass is 368 g/mol. The Morgan fingerprint density at radius 2 is 1.70 bits per heavy atom. The fourth-order valence-corrected chi connectivity index (χ4v) is 2.92. The Labute approximate surface area is 159 Å². The number of hydrogen-bond donors (Lipinski definition) is 0. The molecule has 2 aromatic rings. The number of carbonyl (C=O) groups excluding carboxylic acids is 2. The average Bonchev–Trinajstić information content (AvgIpc) is 2.72. The Morgan fingerprint density at radius 1 is 1.04 bits per heavy atom. The van der Waals surface area contributed by atoms with Crippen LogP contribution in [-0.4, -0.2) is 59.3 Å². The van der Waals surface area contributed by atoms with E-state index in [9.17, 15) is 9.59 Å². The Bertz CT molecular complexity index is 757. The van der Waals surface area contributed by atoms with Gasteiger partial charge >= 0.3 is 0 Å². The van der Waals surface area contributed by atoms with Crippen molar-refractivity contribution >= 4 is 17.6 Å². The Kier molecular flexibility index (Phi) is 6.35. The van der Waals surface area contributed by atoms with Crippen LogP contribution < -0.4 is 9.64 Å². The van der Waals surface area contributed by atoms with Crippen molar-refractivity contribution < 1.29 is 14.3 Å². The van der Waals surface area contributed by atoms with Gasteiger partial charge in [-0.1, -0.05) is 12.1 Å². The Hall–Kier alpha value is -2.96. The van der Waals surface area contributed by atoms with E-state index >= 15 is 0 Å². The highest BCUT2D eigenvalue weighted by atomic mass is 16.5. The highest BCUT2D eigenvalue weighted by Crippen LogP contribution is 2.14. The van der Waals surface area contributed by atoms with E-state index in [0.717, 1.165) is 12.0 Å². The van der Waals surface area contributed by atoms with Crippen LogP contribution in [0.1, 0.15) is 18.9 Å². The molecule has 1 aromatic carbocycles. The molecule has 142 valence electrons. The summed E-state index contributed by atoms with van der Waals surface area (Å²) in [4.78, 5) is 35.8. The normalized spacial score (nSPS) is 14.1. The molecule has 0 aliphatic carbocycles. The predicted octanol–water partition coefficient (Wildman–Crippen LogP) is 1.73. The van der Waals surface area contributed by atoms with Gasteiger partial charge in [-0.25, -0.2) is 9.97 Å². The lowest BCUT2D eigenvalue weighted by atomic mass is 10.1. The van der Waals surface area contributed by atoms with E-state index in [1.54, 1.807) is 30.3 Å². The van der Waals surface area contributed by atoms with E-state index in [2.05, 4.69) is 14.9 Å². The van der Waals surface area contributed by atoms with Crippen molar-refractivity contribution in [3.8, 4) is 5.75 Å². The number of ether oxygens (including phenoxy) is 1. The quantitative estimate of drug-likeness (QED) is 0.741. The van der Waals surface area contributed by atoms with Gasteiger partial charge in [0.2, 0.25) is 5.95 Å². The number of nitrogens with zero attached hydrogens (tertiary/aromatic N) is 4. The first kappa shape index (κ1) is 18.8. The van der Waals surface area contributed by atoms with Crippen molar-refractivity contribution in [3.63, 3.8) is 0 Å². The molecule has 1 aromatic heterocycles. The fraction of sp³-hybridized carbons (Fsp3) is 0.400. The highest BCUT2D eigenvalue weighted by Gasteiger charge is 2.22. The number of amides is 1. The van der Waals surface area contributed by atoms with Crippen molar-refractivity contribution in [2.45, 2.75) is 19.8 Å². The largest absolute Gasteiger partial charge is 0.484 e. The van der Waals surface area contributed by atoms with Gasteiger partial charge < -0.3 is 19.3 Å². The molecule has 0 saturated carbocycles. The van der Waals surface area contributed by atoms with Crippen molar-refractivity contribution in [2.24, 2.45) is 0 Å². The van der Waals surface area contributed by atoms with E-state index in [1.807, 2.05) is 24.3 Å². The third kappa shape index (κ3) is 5.51. The molecule has 0 atom stereocenters. The van der Waals surface area contributed by atoms with Crippen LogP contribution >= 0.6 is 0 Å². The maximum Gasteiger partial charge on any atom is 0.260 e. The number of Topliss-reactive ketones (excluding diaryl/α,β-unsaturated/α-hetero) is 1. The first-order valence-corrected chi connectivity index (χ1v) is 9.13. The van der Waals surface area contributed by atoms with Gasteiger partial charge in [0.1, 0.15) is 11.5 Å². The van der Waals surface area contributed by atoms with Crippen molar-refractivity contribution in [2.75, 3.05) is 37.7 Å². The fourth-order valence-electron chi connectivity index (χ4n) is 2.92. The first-order chi connectivity index (χ1) is 13.1. The molecular formula is C20H24N4O3. The number of anilines is 1. The lowest BCUT2D eigenvalue weighted by Gasteiger charge is -2.34. The van der Waals surface area contributed by atoms with Gasteiger partial charge in [0.25, 0.3) is 5.91 Å². The molecule has 1 saturated heterocycles. The summed E-state index contributed by atoms with van der Waals surface area (Å²) in [6, 6.07) is 9.33. The topological polar surface area (TPSA) is 75.6 Å². The average molecular weight is 368 g/mol. The van der Waals surface area contributed by atoms with Crippen LogP contribution in [0.15, 0.2) is 42.7 Å². The van der Waals surface area contributed by atoms with E-state index < -0.39 is 0 Å². The molecule has 0 radical (unpaired) electrons. The molecule has 7 nitrogen and oxygen atoms in total. The first-order valence-electron chi connectivity index (χ1n) is 9.13. The van der Waals surface area contributed by atoms with Gasteiger partial charge in [0.05, 0.1) is 0 Å². The summed E-state index contributed by atoms with van der Waals surface area (Å²) in [5, 5.41) is 0. The number of piperazine rings is 1. The maximum absolute atomic E-state index is 12.4. The molecule has 0 spiro atoms. The number of carbonyl (C=O) groups is 2. The van der Waals surface area contributed by atoms with Crippen molar-refractivity contribution in [3.05, 3.63) is 48.3 Å². The SMILES string of the molecule is CC(=O)CCc1ccc(OCC(=O)N2CCN(c3ncccn3)CC2)cc1. The zero-order chi connectivity index (χ0) is 19.1. The molecule has 2 heterocycles. The molecule has 1 aliphatic rings. The molecule has 1 aliphatic heterocycles. The van der Waals surface area contributed by atoms with Crippen LogP contribution in [-0.2, 0) is 16.0 Å². The van der Waals surface area contributed by atoms with E-state index in [0.29, 0.717) is 44.3 Å². The smallest absolute Gasteiger partial charge is 0.260 e. The number of aryl methyl sites for hydroxylation is 1. The van der Waals surface area contributed by atoms with Gasteiger partial charge in [-0.2, -0.15) is 0 Å². The summed E-state index contributed by atoms with van der Waals surface area (Å²) in [5.74, 6) is 1.51. The molecule has 1 fully saturated rings. The van der Waals surface area contributed by atoms with Crippen LogP contribution in [0, 0.1) is 0 Å². The van der Waals surface area contributed by atoms with Crippen LogP contribution in [0.4, 0.5) is 5.95 Å². The van der Waals surface area contributed by atoms with Gasteiger partial charge in [0, 0.05) is 45.0 Å². The molecule has 1 amide bonds. The van der Waals surface area contributed by atoms with Gasteiger partial charge in [-0.3, -0.25) is 4.79 Å². The van der Waals surface area contributed by atoms with Gasteiger partial charge in [-0.05, 0) is 37.1 Å². The van der Waals surface area contributed by atoms with E-state index in [4.69, 9.17) is 4.74 Å². The standard InChI is InChI=1S/C20H24N4O3/c1-16(25)3-4-17-5-7-18(8-6-17)27-15-19(26)23-11-13-24(14-12-23)20-21-9-2-10-22-20/h2,5-10H,3-4,11-15H2,1H3. The number of aromatic nitrogens is 2. The minimum atomic E-state index is -0.0238. The zero-order valence-corrected chi connectivity index (χ0v) is 15.5. The summed E-state index contributed by atoms with van der Waals surface area (Å²) < 4.78 is 5.62. The number of rotatable bonds is 7. The Balaban J connectivity index is 1.43. The maximum atomic E-state index is 12.4. The van der Waals surface area contributed by atoms with Crippen molar-refractivity contribution in [1.82, 2.24) is 14.9 Å². The number of benzene rings is 1. The van der Waals surface area contributed by atoms with E-state index in [-0.39, 0.29) is 18.3 Å². The second-order valence-electron chi connectivity index (χ2n) is 6.55. The molecule has 0 N–H and O–H groups in total. The highest BCUT2D eigenvalue weighted by molar-refractivity contribution is 5.78. The minimum absolute atomic E-state index is 0.0224. The third-order valence-electron chi connectivity index (χ3n) is 4.52. The summed E-state index contributed by atoms with van der Waals surface area (Å²) in [6.45, 7) is 4.29. The van der Waals surface area contributed by atoms with Crippen LogP contribution in [0.2, 0.25) is 0 Å². The van der Waals surface area contributed by atoms with Crippen LogP contribution in [0.25, 0.3) is 0 Å². The lowest BCUT2D eigenvalue weighted by molar-refractivity contribution is -0.133. The number of ketones is 1. The van der Waals surface area contributed by atoms with Crippen LogP contribution in [0.3, 0.4) is 0 Å². The lowest BCUT2D eigenvalue weighted by Crippen LogP contribution is -2.50. The summed E-state index contributed by atoms with van der Waals surface area (Å²) in [7, 11) is 0. The molecule has 27 heavy (non-hydrogen) atoms. The third-order valence-corrected chi connectivity index (χ3v) is 4.52. The predicted molar refractivity (Wildman–Crippen MR) is 102 cm³/mol. The summed E-state index contributed by atoms with van der Waals surface area (Å²) in [5.41, 5.74) is 1.09. The number of hydrogen-bond acceptors (Lipinski definition) is 6. The molecule has 7 heteroatoms. The van der Waals surface area contributed by atoms with Crippen LogP contribution in [0.5, 0.6) is 5.75 Å². The Morgan fingerprint density at radius 3 is 2.33 bits per heavy atom. The molecule has 3 rings (SSSR count). The second-order valence-corrected chi connectivity index (χ2v) is 6.55. The zero-order valence-electron chi connectivity index (χ0n) is 15.5. The molecule has 0 bridgehead atoms. The molecular weight excluding hydrogens is 344 g/mol. The molecule has 0 unspecified atom stereocenters. The van der Waals surface area contributed by atoms with Gasteiger partial charge in [0.15, 0.2) is 6.61 Å².